The Morgan fingerprint density at radius 2 is 1.85 bits per heavy atom. The highest BCUT2D eigenvalue weighted by Crippen LogP contribution is 2.31. The van der Waals surface area contributed by atoms with Crippen molar-refractivity contribution in [2.75, 3.05) is 0 Å². The van der Waals surface area contributed by atoms with Crippen molar-refractivity contribution in [3.8, 4) is 5.75 Å². The van der Waals surface area contributed by atoms with Gasteiger partial charge in [0.1, 0.15) is 18.2 Å². The molecule has 3 aromatic rings. The molecule has 4 nitrogen and oxygen atoms in total. The minimum Gasteiger partial charge on any atom is -0.486 e. The molecular weight excluding hydrogens is 382 g/mol. The second-order valence-electron chi connectivity index (χ2n) is 5.69. The average molecular weight is 397 g/mol. The molecule has 0 amide bonds. The number of hydrogen-bond acceptors (Lipinski definition) is 4. The zero-order chi connectivity index (χ0) is 19.4. The van der Waals surface area contributed by atoms with Crippen molar-refractivity contribution < 1.29 is 22.3 Å². The fourth-order valence-electron chi connectivity index (χ4n) is 2.28. The van der Waals surface area contributed by atoms with Crippen molar-refractivity contribution in [3.63, 3.8) is 0 Å². The molecule has 0 atom stereocenters. The van der Waals surface area contributed by atoms with E-state index in [1.54, 1.807) is 17.7 Å². The lowest BCUT2D eigenvalue weighted by atomic mass is 10.2. The van der Waals surface area contributed by atoms with Crippen molar-refractivity contribution in [1.82, 2.24) is 14.8 Å². The molecule has 0 saturated carbocycles. The van der Waals surface area contributed by atoms with Crippen molar-refractivity contribution in [2.45, 2.75) is 23.7 Å². The Bertz CT molecular complexity index is 927. The Morgan fingerprint density at radius 1 is 1.07 bits per heavy atom. The molecule has 0 unspecified atom stereocenters. The van der Waals surface area contributed by atoms with Crippen LogP contribution in [-0.2, 0) is 25.6 Å². The van der Waals surface area contributed by atoms with Gasteiger partial charge in [0.05, 0.1) is 5.56 Å². The monoisotopic (exact) mass is 397 g/mol. The first-order valence-corrected chi connectivity index (χ1v) is 8.87. The number of thioether (sulfide) groups is 1. The number of ether oxygens (including phenoxy) is 1. The number of alkyl halides is 3. The Hall–Kier alpha value is -2.55. The van der Waals surface area contributed by atoms with Gasteiger partial charge in [-0.25, -0.2) is 4.39 Å². The molecule has 1 heterocycles. The summed E-state index contributed by atoms with van der Waals surface area (Å²) in [5.41, 5.74) is 0.0362. The van der Waals surface area contributed by atoms with Crippen LogP contribution < -0.4 is 4.74 Å². The second-order valence-corrected chi connectivity index (χ2v) is 6.63. The highest BCUT2D eigenvalue weighted by Gasteiger charge is 2.30. The molecule has 0 N–H and O–H groups in total. The van der Waals surface area contributed by atoms with E-state index in [0.29, 0.717) is 16.7 Å². The summed E-state index contributed by atoms with van der Waals surface area (Å²) in [6.07, 6.45) is -4.43. The maximum absolute atomic E-state index is 13.2. The van der Waals surface area contributed by atoms with E-state index in [1.807, 2.05) is 6.07 Å². The summed E-state index contributed by atoms with van der Waals surface area (Å²) < 4.78 is 58.5. The minimum atomic E-state index is -4.43. The summed E-state index contributed by atoms with van der Waals surface area (Å²) >= 11 is 1.38. The zero-order valence-electron chi connectivity index (χ0n) is 14.2. The van der Waals surface area contributed by atoms with Crippen LogP contribution in [0.3, 0.4) is 0 Å². The molecule has 0 radical (unpaired) electrons. The molecule has 3 rings (SSSR count). The SMILES string of the molecule is Cn1c(COc2cccc(C(F)(F)F)c2)nnc1SCc1cccc(F)c1. The first-order chi connectivity index (χ1) is 12.8. The number of hydrogen-bond donors (Lipinski definition) is 0. The number of rotatable bonds is 6. The van der Waals surface area contributed by atoms with Crippen LogP contribution in [0.4, 0.5) is 17.6 Å². The second kappa shape index (κ2) is 7.99. The Kier molecular flexibility index (Phi) is 5.69. The quantitative estimate of drug-likeness (QED) is 0.441. The largest absolute Gasteiger partial charge is 0.486 e. The van der Waals surface area contributed by atoms with Gasteiger partial charge in [0.25, 0.3) is 0 Å². The molecule has 0 aliphatic rings. The first-order valence-electron chi connectivity index (χ1n) is 7.88. The topological polar surface area (TPSA) is 39.9 Å². The highest BCUT2D eigenvalue weighted by molar-refractivity contribution is 7.98. The van der Waals surface area contributed by atoms with Gasteiger partial charge >= 0.3 is 6.18 Å². The van der Waals surface area contributed by atoms with Crippen LogP contribution in [0.15, 0.2) is 53.7 Å². The molecule has 2 aromatic carbocycles. The Balaban J connectivity index is 1.62. The van der Waals surface area contributed by atoms with Gasteiger partial charge in [0.2, 0.25) is 0 Å². The molecule has 9 heteroatoms. The lowest BCUT2D eigenvalue weighted by molar-refractivity contribution is -0.137. The van der Waals surface area contributed by atoms with E-state index in [2.05, 4.69) is 10.2 Å². The molecule has 0 aliphatic heterocycles. The van der Waals surface area contributed by atoms with E-state index >= 15 is 0 Å². The Labute approximate surface area is 157 Å². The van der Waals surface area contributed by atoms with Crippen molar-refractivity contribution in [1.29, 1.82) is 0 Å². The summed E-state index contributed by atoms with van der Waals surface area (Å²) in [5.74, 6) is 0.773. The number of benzene rings is 2. The lowest BCUT2D eigenvalue weighted by Gasteiger charge is -2.10. The predicted octanol–water partition coefficient (Wildman–Crippen LogP) is 4.84. The fraction of sp³-hybridized carbons (Fsp3) is 0.222. The van der Waals surface area contributed by atoms with Crippen LogP contribution in [0.2, 0.25) is 0 Å². The maximum Gasteiger partial charge on any atom is 0.416 e. The van der Waals surface area contributed by atoms with Gasteiger partial charge in [-0.05, 0) is 35.9 Å². The van der Waals surface area contributed by atoms with Crippen LogP contribution in [-0.4, -0.2) is 14.8 Å². The van der Waals surface area contributed by atoms with Crippen molar-refractivity contribution in [2.24, 2.45) is 7.05 Å². The van der Waals surface area contributed by atoms with Gasteiger partial charge in [-0.1, -0.05) is 30.0 Å². The van der Waals surface area contributed by atoms with Crippen LogP contribution >= 0.6 is 11.8 Å². The summed E-state index contributed by atoms with van der Waals surface area (Å²) in [6.45, 7) is -0.0225. The smallest absolute Gasteiger partial charge is 0.416 e. The average Bonchev–Trinajstić information content (AvgIpc) is 2.98. The Morgan fingerprint density at radius 3 is 2.59 bits per heavy atom. The van der Waals surface area contributed by atoms with Gasteiger partial charge in [0.15, 0.2) is 11.0 Å². The molecular formula is C18H15F4N3OS. The maximum atomic E-state index is 13.2. The minimum absolute atomic E-state index is 0.0225. The zero-order valence-corrected chi connectivity index (χ0v) is 15.0. The highest BCUT2D eigenvalue weighted by atomic mass is 32.2. The van der Waals surface area contributed by atoms with Gasteiger partial charge in [0, 0.05) is 12.8 Å². The van der Waals surface area contributed by atoms with Crippen molar-refractivity contribution >= 4 is 11.8 Å². The predicted molar refractivity (Wildman–Crippen MR) is 92.7 cm³/mol. The third-order valence-corrected chi connectivity index (χ3v) is 4.80. The van der Waals surface area contributed by atoms with Gasteiger partial charge in [-0.3, -0.25) is 0 Å². The third-order valence-electron chi connectivity index (χ3n) is 3.71. The molecule has 27 heavy (non-hydrogen) atoms. The van der Waals surface area contributed by atoms with Gasteiger partial charge in [-0.2, -0.15) is 13.2 Å². The van der Waals surface area contributed by atoms with E-state index < -0.39 is 11.7 Å². The van der Waals surface area contributed by atoms with Crippen LogP contribution in [0.5, 0.6) is 5.75 Å². The molecule has 0 saturated heterocycles. The molecule has 0 bridgehead atoms. The molecule has 142 valence electrons. The first kappa shape index (κ1) is 19.2. The van der Waals surface area contributed by atoms with Gasteiger partial charge in [-0.15, -0.1) is 10.2 Å². The summed E-state index contributed by atoms with van der Waals surface area (Å²) in [6, 6.07) is 10.9. The van der Waals surface area contributed by atoms with Crippen LogP contribution in [0.1, 0.15) is 17.0 Å². The van der Waals surface area contributed by atoms with Crippen LogP contribution in [0.25, 0.3) is 0 Å². The lowest BCUT2D eigenvalue weighted by Crippen LogP contribution is -2.07. The summed E-state index contributed by atoms with van der Waals surface area (Å²) in [4.78, 5) is 0. The number of halogens is 4. The normalized spacial score (nSPS) is 11.6. The van der Waals surface area contributed by atoms with E-state index in [9.17, 15) is 17.6 Å². The van der Waals surface area contributed by atoms with E-state index in [4.69, 9.17) is 4.74 Å². The molecule has 0 fully saturated rings. The fourth-order valence-corrected chi connectivity index (χ4v) is 3.15. The molecule has 0 aliphatic carbocycles. The van der Waals surface area contributed by atoms with Crippen LogP contribution in [0, 0.1) is 5.82 Å². The molecule has 1 aromatic heterocycles. The number of aromatic nitrogens is 3. The number of nitrogens with zero attached hydrogens (tertiary/aromatic N) is 3. The van der Waals surface area contributed by atoms with E-state index in [-0.39, 0.29) is 18.2 Å². The van der Waals surface area contributed by atoms with Gasteiger partial charge < -0.3 is 9.30 Å². The van der Waals surface area contributed by atoms with E-state index in [0.717, 1.165) is 17.7 Å². The van der Waals surface area contributed by atoms with Crippen molar-refractivity contribution in [3.05, 3.63) is 71.3 Å². The summed E-state index contributed by atoms with van der Waals surface area (Å²) in [5, 5.41) is 8.65. The molecule has 0 spiro atoms. The summed E-state index contributed by atoms with van der Waals surface area (Å²) in [7, 11) is 1.73. The van der Waals surface area contributed by atoms with E-state index in [1.165, 1.54) is 36.0 Å². The standard InChI is InChI=1S/C18H15F4N3OS/c1-25-16(10-26-15-7-3-5-13(9-15)18(20,21)22)23-24-17(25)27-11-12-4-2-6-14(19)8-12/h2-9H,10-11H2,1H3. The third kappa shape index (κ3) is 5.00.